The SMILES string of the molecule is C(=C\c1sc2ccccc2[n+]1CCSSCC[n+]1c(/C=C/c2cc3c4c(c2)CCCN4CCC3)sc2ccccc21)/c1cc2c3c(c1)CCCN3CCC2. The monoisotopic (exact) mass is 784 g/mol. The van der Waals surface area contributed by atoms with Crippen LogP contribution in [0.4, 0.5) is 11.4 Å². The zero-order chi connectivity index (χ0) is 35.8. The van der Waals surface area contributed by atoms with Crippen LogP contribution >= 0.6 is 44.3 Å². The Kier molecular flexibility index (Phi) is 10.0. The Balaban J connectivity index is 0.813. The third-order valence-electron chi connectivity index (χ3n) is 11.7. The molecular weight excluding hydrogens is 737 g/mol. The summed E-state index contributed by atoms with van der Waals surface area (Å²) >= 11 is 3.84. The fourth-order valence-corrected chi connectivity index (χ4v) is 13.5. The van der Waals surface area contributed by atoms with E-state index in [1.807, 2.05) is 44.3 Å². The van der Waals surface area contributed by atoms with Gasteiger partial charge >= 0.3 is 0 Å². The van der Waals surface area contributed by atoms with E-state index in [9.17, 15) is 0 Å². The van der Waals surface area contributed by atoms with Gasteiger partial charge in [-0.05, 0) is 133 Å². The van der Waals surface area contributed by atoms with Gasteiger partial charge in [-0.15, -0.1) is 0 Å². The van der Waals surface area contributed by atoms with Gasteiger partial charge in [-0.3, -0.25) is 0 Å². The van der Waals surface area contributed by atoms with Gasteiger partial charge < -0.3 is 9.80 Å². The highest BCUT2D eigenvalue weighted by molar-refractivity contribution is 8.76. The van der Waals surface area contributed by atoms with E-state index in [-0.39, 0.29) is 0 Å². The van der Waals surface area contributed by atoms with E-state index in [0.29, 0.717) is 0 Å². The lowest BCUT2D eigenvalue weighted by Gasteiger charge is -2.37. The summed E-state index contributed by atoms with van der Waals surface area (Å²) in [7, 11) is 4.03. The largest absolute Gasteiger partial charge is 0.371 e. The minimum Gasteiger partial charge on any atom is -0.371 e. The fraction of sp³-hybridized carbons (Fsp3) is 0.348. The molecule has 0 bridgehead atoms. The highest BCUT2D eigenvalue weighted by atomic mass is 33.1. The van der Waals surface area contributed by atoms with E-state index < -0.39 is 0 Å². The molecule has 0 saturated heterocycles. The van der Waals surface area contributed by atoms with Gasteiger partial charge in [-0.25, -0.2) is 0 Å². The number of aryl methyl sites for hydroxylation is 6. The van der Waals surface area contributed by atoms with Crippen LogP contribution in [-0.2, 0) is 38.8 Å². The van der Waals surface area contributed by atoms with Crippen molar-refractivity contribution < 1.29 is 9.13 Å². The average Bonchev–Trinajstić information content (AvgIpc) is 3.75. The first-order chi connectivity index (χ1) is 26.7. The lowest BCUT2D eigenvalue weighted by atomic mass is 9.90. The molecule has 274 valence electrons. The van der Waals surface area contributed by atoms with Crippen LogP contribution in [-0.4, -0.2) is 37.7 Å². The Bertz CT molecular complexity index is 2170. The third-order valence-corrected chi connectivity index (χ3v) is 16.3. The van der Waals surface area contributed by atoms with Crippen LogP contribution in [0.15, 0.2) is 72.8 Å². The van der Waals surface area contributed by atoms with Crippen LogP contribution in [0.5, 0.6) is 0 Å². The molecule has 0 fully saturated rings. The Labute approximate surface area is 335 Å². The maximum Gasteiger partial charge on any atom is 0.262 e. The van der Waals surface area contributed by atoms with Crippen molar-refractivity contribution in [3.05, 3.63) is 116 Å². The van der Waals surface area contributed by atoms with E-state index in [1.54, 1.807) is 33.6 Å². The predicted octanol–water partition coefficient (Wildman–Crippen LogP) is 10.5. The molecule has 2 aromatic heterocycles. The number of aromatic nitrogens is 2. The van der Waals surface area contributed by atoms with Crippen molar-refractivity contribution >= 4 is 100 Å². The van der Waals surface area contributed by atoms with Crippen molar-refractivity contribution in [2.75, 3.05) is 47.5 Å². The molecule has 10 rings (SSSR count). The van der Waals surface area contributed by atoms with E-state index in [2.05, 4.69) is 116 Å². The molecule has 4 aliphatic rings. The maximum absolute atomic E-state index is 2.64. The number of rotatable bonds is 11. The summed E-state index contributed by atoms with van der Waals surface area (Å²) in [6.07, 6.45) is 19.5. The van der Waals surface area contributed by atoms with Crippen LogP contribution < -0.4 is 18.9 Å². The van der Waals surface area contributed by atoms with Gasteiger partial charge in [-0.2, -0.15) is 9.13 Å². The van der Waals surface area contributed by atoms with Crippen LogP contribution in [0.2, 0.25) is 0 Å². The minimum atomic E-state index is 1.01. The molecule has 4 nitrogen and oxygen atoms in total. The Morgan fingerprint density at radius 3 is 1.31 bits per heavy atom. The second-order valence-corrected chi connectivity index (χ2v) is 20.0. The molecule has 0 N–H and O–H groups in total. The van der Waals surface area contributed by atoms with E-state index >= 15 is 0 Å². The molecule has 0 radical (unpaired) electrons. The van der Waals surface area contributed by atoms with Crippen molar-refractivity contribution in [1.29, 1.82) is 0 Å². The van der Waals surface area contributed by atoms with Crippen molar-refractivity contribution in [2.24, 2.45) is 0 Å². The Morgan fingerprint density at radius 1 is 0.519 bits per heavy atom. The zero-order valence-corrected chi connectivity index (χ0v) is 34.2. The topological polar surface area (TPSA) is 14.2 Å². The van der Waals surface area contributed by atoms with E-state index in [4.69, 9.17) is 0 Å². The second-order valence-electron chi connectivity index (χ2n) is 15.2. The molecule has 6 aromatic rings. The van der Waals surface area contributed by atoms with Gasteiger partial charge in [0.05, 0.1) is 11.5 Å². The molecule has 4 aromatic carbocycles. The van der Waals surface area contributed by atoms with E-state index in [1.165, 1.54) is 119 Å². The summed E-state index contributed by atoms with van der Waals surface area (Å²) in [5, 5.41) is 2.68. The molecule has 0 saturated carbocycles. The van der Waals surface area contributed by atoms with Crippen molar-refractivity contribution in [3.8, 4) is 0 Å². The van der Waals surface area contributed by atoms with Crippen LogP contribution in [0, 0.1) is 0 Å². The molecule has 0 unspecified atom stereocenters. The predicted molar refractivity (Wildman–Crippen MR) is 237 cm³/mol. The number of benzene rings is 4. The maximum atomic E-state index is 2.64. The molecular formula is C46H48N4S4+2. The Morgan fingerprint density at radius 2 is 0.907 bits per heavy atom. The van der Waals surface area contributed by atoms with Crippen molar-refractivity contribution in [1.82, 2.24) is 0 Å². The molecule has 0 spiro atoms. The van der Waals surface area contributed by atoms with Crippen molar-refractivity contribution in [3.63, 3.8) is 0 Å². The van der Waals surface area contributed by atoms with Crippen LogP contribution in [0.1, 0.15) is 69.1 Å². The van der Waals surface area contributed by atoms with Gasteiger partial charge in [0.1, 0.15) is 9.40 Å². The summed E-state index contributed by atoms with van der Waals surface area (Å²) in [4.78, 5) is 5.27. The summed E-state index contributed by atoms with van der Waals surface area (Å²) < 4.78 is 7.82. The van der Waals surface area contributed by atoms with Gasteiger partial charge in [0.15, 0.2) is 13.1 Å². The minimum absolute atomic E-state index is 1.01. The highest BCUT2D eigenvalue weighted by Gasteiger charge is 2.26. The number of nitrogens with zero attached hydrogens (tertiary/aromatic N) is 4. The molecule has 8 heteroatoms. The smallest absolute Gasteiger partial charge is 0.262 e. The molecule has 0 aliphatic carbocycles. The summed E-state index contributed by atoms with van der Waals surface area (Å²) in [6.45, 7) is 6.93. The van der Waals surface area contributed by atoms with Gasteiger partial charge in [0.25, 0.3) is 10.0 Å². The standard InChI is InChI=1S/C46H48N4S4/c1-3-15-41-39(13-1)49(43(53-41)19-17-33-29-35-9-5-21-47-22-6-10-36(30-33)45(35)47)25-27-51-52-28-26-50-40-14-2-4-16-42(40)54-44(50)20-18-34-31-37-11-7-23-48-24-8-12-38(32-34)46(37)48/h1-4,13-20,29-32H,5-12,21-28H2/q+2. The summed E-state index contributed by atoms with van der Waals surface area (Å²) in [5.74, 6) is 2.16. The zero-order valence-electron chi connectivity index (χ0n) is 31.0. The lowest BCUT2D eigenvalue weighted by Crippen LogP contribution is -2.36. The van der Waals surface area contributed by atoms with E-state index in [0.717, 1.165) is 24.6 Å². The molecule has 0 amide bonds. The number of fused-ring (bicyclic) bond motifs is 2. The Hall–Kier alpha value is -3.56. The fourth-order valence-electron chi connectivity index (χ4n) is 9.38. The first-order valence-electron chi connectivity index (χ1n) is 20.0. The average molecular weight is 785 g/mol. The first-order valence-corrected chi connectivity index (χ1v) is 24.1. The van der Waals surface area contributed by atoms with Gasteiger partial charge in [0, 0.05) is 61.8 Å². The first kappa shape index (κ1) is 34.9. The summed E-state index contributed by atoms with van der Waals surface area (Å²) in [6, 6.07) is 27.7. The number of anilines is 2. The molecule has 4 aliphatic heterocycles. The van der Waals surface area contributed by atoms with Crippen LogP contribution in [0.25, 0.3) is 44.7 Å². The number of thiazole rings is 2. The number of hydrogen-bond acceptors (Lipinski definition) is 6. The quantitative estimate of drug-likeness (QED) is 0.0738. The highest BCUT2D eigenvalue weighted by Crippen LogP contribution is 2.38. The summed E-state index contributed by atoms with van der Waals surface area (Å²) in [5.41, 5.74) is 14.8. The van der Waals surface area contributed by atoms with Gasteiger partial charge in [0.2, 0.25) is 11.0 Å². The molecule has 6 heterocycles. The third kappa shape index (κ3) is 6.93. The second kappa shape index (κ2) is 15.5. The number of hydrogen-bond donors (Lipinski definition) is 0. The van der Waals surface area contributed by atoms with Crippen LogP contribution in [0.3, 0.4) is 0 Å². The molecule has 0 atom stereocenters. The van der Waals surface area contributed by atoms with Crippen molar-refractivity contribution in [2.45, 2.75) is 64.5 Å². The lowest BCUT2D eigenvalue weighted by molar-refractivity contribution is -0.664. The number of para-hydroxylation sites is 2. The molecule has 54 heavy (non-hydrogen) atoms. The van der Waals surface area contributed by atoms with Gasteiger partial charge in [-0.1, -0.05) is 68.5 Å². The normalized spacial score (nSPS) is 16.6.